The number of hydrogen-bond donors (Lipinski definition) is 1. The number of piperidine rings is 1. The van der Waals surface area contributed by atoms with E-state index in [0.717, 1.165) is 28.7 Å². The van der Waals surface area contributed by atoms with Crippen LogP contribution in [0, 0.1) is 12.3 Å². The fourth-order valence-electron chi connectivity index (χ4n) is 6.37. The van der Waals surface area contributed by atoms with Gasteiger partial charge in [-0.25, -0.2) is 15.0 Å². The number of nitrogens with one attached hydrogen (secondary N) is 1. The fourth-order valence-corrected chi connectivity index (χ4v) is 6.68. The van der Waals surface area contributed by atoms with Gasteiger partial charge < -0.3 is 19.7 Å². The van der Waals surface area contributed by atoms with E-state index in [4.69, 9.17) is 9.47 Å². The SMILES string of the molecule is COCc1ccc(Br)nc1NC(=O)C1CC2(C)CC2N1C(=O)Cn1nc(C(C)=O)c2cc(-c3cnc(C)nc3)cc(COC)c21. The maximum atomic E-state index is 14.1. The molecule has 1 aliphatic heterocycles. The molecule has 4 heterocycles. The number of pyridine rings is 1. The Labute approximate surface area is 268 Å². The second-order valence-corrected chi connectivity index (χ2v) is 12.8. The molecule has 12 nitrogen and oxygen atoms in total. The van der Waals surface area contributed by atoms with Crippen molar-refractivity contribution in [3.63, 3.8) is 0 Å². The minimum absolute atomic E-state index is 0.0599. The van der Waals surface area contributed by atoms with Crippen LogP contribution in [0.4, 0.5) is 5.82 Å². The minimum Gasteiger partial charge on any atom is -0.380 e. The van der Waals surface area contributed by atoms with Gasteiger partial charge in [-0.05, 0) is 64.9 Å². The molecule has 6 rings (SSSR count). The number of aromatic nitrogens is 5. The predicted octanol–water partition coefficient (Wildman–Crippen LogP) is 4.47. The number of carbonyl (C=O) groups excluding carboxylic acids is 3. The highest BCUT2D eigenvalue weighted by atomic mass is 79.9. The summed E-state index contributed by atoms with van der Waals surface area (Å²) < 4.78 is 12.9. The molecule has 1 aliphatic carbocycles. The minimum atomic E-state index is -0.682. The van der Waals surface area contributed by atoms with Crippen LogP contribution in [0.15, 0.2) is 41.3 Å². The van der Waals surface area contributed by atoms with E-state index in [2.05, 4.69) is 48.2 Å². The number of methoxy groups -OCH3 is 2. The molecule has 45 heavy (non-hydrogen) atoms. The van der Waals surface area contributed by atoms with Gasteiger partial charge in [0.15, 0.2) is 5.78 Å². The Morgan fingerprint density at radius 3 is 2.44 bits per heavy atom. The standard InChI is InChI=1S/C32H34BrN7O5/c1-17(41)28-23-9-20(22-12-34-18(2)35-13-22)8-21(16-45-5)29(23)39(38-28)14-27(42)40-24(10-32(3)11-25(32)40)31(43)37-30-19(15-44-4)6-7-26(33)36-30/h6-9,12-13,24-25H,10-11,14-16H2,1-5H3,(H,36,37,43). The first-order valence-corrected chi connectivity index (χ1v) is 15.4. The van der Waals surface area contributed by atoms with Gasteiger partial charge in [0.25, 0.3) is 0 Å². The number of ether oxygens (including phenoxy) is 2. The second-order valence-electron chi connectivity index (χ2n) is 12.0. The number of halogens is 1. The van der Waals surface area contributed by atoms with Crippen molar-refractivity contribution in [3.05, 3.63) is 63.9 Å². The van der Waals surface area contributed by atoms with Crippen LogP contribution in [0.3, 0.4) is 0 Å². The van der Waals surface area contributed by atoms with Crippen molar-refractivity contribution in [3.8, 4) is 11.1 Å². The Hall–Kier alpha value is -4.07. The Kier molecular flexibility index (Phi) is 8.27. The highest BCUT2D eigenvalue weighted by Gasteiger charge is 2.64. The number of carbonyl (C=O) groups is 3. The number of rotatable bonds is 10. The van der Waals surface area contributed by atoms with Gasteiger partial charge in [-0.15, -0.1) is 0 Å². The number of anilines is 1. The first kappa shape index (κ1) is 30.9. The van der Waals surface area contributed by atoms with Crippen molar-refractivity contribution in [1.29, 1.82) is 0 Å². The topological polar surface area (TPSA) is 141 Å². The van der Waals surface area contributed by atoms with Gasteiger partial charge in [-0.2, -0.15) is 5.10 Å². The van der Waals surface area contributed by atoms with Crippen molar-refractivity contribution in [1.82, 2.24) is 29.6 Å². The lowest BCUT2D eigenvalue weighted by atomic mass is 10.0. The van der Waals surface area contributed by atoms with Crippen LogP contribution in [0.5, 0.6) is 0 Å². The Balaban J connectivity index is 1.34. The van der Waals surface area contributed by atoms with E-state index >= 15 is 0 Å². The highest BCUT2D eigenvalue weighted by Crippen LogP contribution is 2.59. The average molecular weight is 677 g/mol. The molecule has 0 bridgehead atoms. The highest BCUT2D eigenvalue weighted by molar-refractivity contribution is 9.10. The van der Waals surface area contributed by atoms with Crippen LogP contribution in [-0.4, -0.2) is 73.5 Å². The monoisotopic (exact) mass is 675 g/mol. The third-order valence-corrected chi connectivity index (χ3v) is 9.11. The molecule has 2 amide bonds. The summed E-state index contributed by atoms with van der Waals surface area (Å²) in [6.45, 7) is 5.73. The molecule has 1 saturated carbocycles. The summed E-state index contributed by atoms with van der Waals surface area (Å²) in [5.41, 5.74) is 3.82. The number of aryl methyl sites for hydroxylation is 1. The van der Waals surface area contributed by atoms with Crippen LogP contribution in [0.1, 0.15) is 54.1 Å². The lowest BCUT2D eigenvalue weighted by Gasteiger charge is -2.27. The van der Waals surface area contributed by atoms with Gasteiger partial charge in [0.05, 0.1) is 18.7 Å². The van der Waals surface area contributed by atoms with Crippen LogP contribution < -0.4 is 5.32 Å². The van der Waals surface area contributed by atoms with E-state index in [-0.39, 0.29) is 54.5 Å². The number of fused-ring (bicyclic) bond motifs is 2. The zero-order chi connectivity index (χ0) is 32.0. The van der Waals surface area contributed by atoms with E-state index < -0.39 is 6.04 Å². The molecule has 3 aromatic heterocycles. The molecule has 0 radical (unpaired) electrons. The molecular weight excluding hydrogens is 642 g/mol. The van der Waals surface area contributed by atoms with E-state index in [1.165, 1.54) is 6.92 Å². The Bertz CT molecular complexity index is 1820. The first-order valence-electron chi connectivity index (χ1n) is 14.6. The van der Waals surface area contributed by atoms with Crippen LogP contribution in [0.25, 0.3) is 22.0 Å². The third-order valence-electron chi connectivity index (χ3n) is 8.67. The fraction of sp³-hybridized carbons (Fsp3) is 0.406. The van der Waals surface area contributed by atoms with Gasteiger partial charge in [0.2, 0.25) is 11.8 Å². The molecular formula is C32H34BrN7O5. The summed E-state index contributed by atoms with van der Waals surface area (Å²) in [5, 5.41) is 8.18. The number of ketones is 1. The lowest BCUT2D eigenvalue weighted by molar-refractivity contribution is -0.138. The van der Waals surface area contributed by atoms with Gasteiger partial charge in [-0.1, -0.05) is 13.0 Å². The lowest BCUT2D eigenvalue weighted by Crippen LogP contribution is -2.47. The van der Waals surface area contributed by atoms with Gasteiger partial charge in [-0.3, -0.25) is 19.1 Å². The quantitative estimate of drug-likeness (QED) is 0.190. The Morgan fingerprint density at radius 2 is 1.76 bits per heavy atom. The van der Waals surface area contributed by atoms with Crippen molar-refractivity contribution >= 4 is 50.2 Å². The average Bonchev–Trinajstić information content (AvgIpc) is 3.35. The van der Waals surface area contributed by atoms with E-state index in [0.29, 0.717) is 33.6 Å². The van der Waals surface area contributed by atoms with Gasteiger partial charge in [0.1, 0.15) is 34.5 Å². The maximum absolute atomic E-state index is 14.1. The molecule has 1 N–H and O–H groups in total. The Morgan fingerprint density at radius 1 is 1.04 bits per heavy atom. The molecule has 234 valence electrons. The summed E-state index contributed by atoms with van der Waals surface area (Å²) in [7, 11) is 3.16. The van der Waals surface area contributed by atoms with Crippen LogP contribution >= 0.6 is 15.9 Å². The molecule has 4 aromatic rings. The smallest absolute Gasteiger partial charge is 0.248 e. The summed E-state index contributed by atoms with van der Waals surface area (Å²) in [6, 6.07) is 6.69. The van der Waals surface area contributed by atoms with E-state index in [1.54, 1.807) is 42.3 Å². The molecule has 2 aliphatic rings. The molecule has 1 aromatic carbocycles. The van der Waals surface area contributed by atoms with Gasteiger partial charge >= 0.3 is 0 Å². The number of amides is 2. The normalized spacial score (nSPS) is 20.4. The largest absolute Gasteiger partial charge is 0.380 e. The number of benzene rings is 1. The first-order chi connectivity index (χ1) is 21.5. The maximum Gasteiger partial charge on any atom is 0.248 e. The number of nitrogens with zero attached hydrogens (tertiary/aromatic N) is 6. The summed E-state index contributed by atoms with van der Waals surface area (Å²) in [5.74, 6) is 0.252. The van der Waals surface area contributed by atoms with Crippen molar-refractivity contribution in [2.75, 3.05) is 19.5 Å². The summed E-state index contributed by atoms with van der Waals surface area (Å²) in [6.07, 6.45) is 4.82. The number of likely N-dealkylation sites (tertiary alicyclic amines) is 1. The van der Waals surface area contributed by atoms with Crippen LogP contribution in [0.2, 0.25) is 0 Å². The molecule has 13 heteroatoms. The zero-order valence-electron chi connectivity index (χ0n) is 25.8. The second kappa shape index (κ2) is 12.0. The zero-order valence-corrected chi connectivity index (χ0v) is 27.3. The predicted molar refractivity (Wildman–Crippen MR) is 169 cm³/mol. The van der Waals surface area contributed by atoms with Crippen molar-refractivity contribution in [2.24, 2.45) is 5.41 Å². The molecule has 1 saturated heterocycles. The molecule has 3 atom stereocenters. The van der Waals surface area contributed by atoms with Crippen LogP contribution in [-0.2, 0) is 38.8 Å². The molecule has 0 spiro atoms. The third kappa shape index (κ3) is 5.87. The van der Waals surface area contributed by atoms with E-state index in [1.807, 2.05) is 25.1 Å². The molecule has 3 unspecified atom stereocenters. The van der Waals surface area contributed by atoms with E-state index in [9.17, 15) is 14.4 Å². The molecule has 2 fully saturated rings. The number of Topliss-reactive ketones (excluding diaryl/α,β-unsaturated/α-hetero) is 1. The summed E-state index contributed by atoms with van der Waals surface area (Å²) >= 11 is 3.37. The summed E-state index contributed by atoms with van der Waals surface area (Å²) in [4.78, 5) is 55.4. The van der Waals surface area contributed by atoms with Crippen molar-refractivity contribution < 1.29 is 23.9 Å². The van der Waals surface area contributed by atoms with Gasteiger partial charge in [0, 0.05) is 61.7 Å². The van der Waals surface area contributed by atoms with Crippen molar-refractivity contribution in [2.45, 2.75) is 65.5 Å². The number of hydrogen-bond acceptors (Lipinski definition) is 9.